The minimum absolute atomic E-state index is 0.109. The van der Waals surface area contributed by atoms with Gasteiger partial charge in [-0.2, -0.15) is 0 Å². The number of aryl methyl sites for hydroxylation is 2. The van der Waals surface area contributed by atoms with Crippen LogP contribution >= 0.6 is 15.9 Å². The summed E-state index contributed by atoms with van der Waals surface area (Å²) >= 11 is 3.66. The number of carbonyl (C=O) groups is 2. The van der Waals surface area contributed by atoms with Gasteiger partial charge in [0.15, 0.2) is 0 Å². The van der Waals surface area contributed by atoms with E-state index in [2.05, 4.69) is 47.1 Å². The number of hydrogen-bond acceptors (Lipinski definition) is 2. The van der Waals surface area contributed by atoms with Crippen molar-refractivity contribution < 1.29 is 9.59 Å². The second kappa shape index (κ2) is 13.0. The zero-order valence-electron chi connectivity index (χ0n) is 21.0. The summed E-state index contributed by atoms with van der Waals surface area (Å²) < 4.78 is 2.25. The number of allylic oxidation sites excluding steroid dienone is 1. The van der Waals surface area contributed by atoms with Gasteiger partial charge >= 0.3 is 235 Å². The van der Waals surface area contributed by atoms with E-state index < -0.39 is 5.92 Å². The molecular weight excluding hydrogens is 587 g/mol. The summed E-state index contributed by atoms with van der Waals surface area (Å²) in [5, 5.41) is 0.810. The number of halogens is 1. The van der Waals surface area contributed by atoms with Crippen LogP contribution in [0.3, 0.4) is 0 Å². The number of benzene rings is 4. The van der Waals surface area contributed by atoms with Gasteiger partial charge in [0, 0.05) is 0 Å². The van der Waals surface area contributed by atoms with Crippen molar-refractivity contribution in [2.45, 2.75) is 25.6 Å². The van der Waals surface area contributed by atoms with Gasteiger partial charge < -0.3 is 0 Å². The Balaban J connectivity index is 1.68. The van der Waals surface area contributed by atoms with E-state index in [-0.39, 0.29) is 26.5 Å². The molecule has 0 N–H and O–H groups in total. The average Bonchev–Trinajstić information content (AvgIpc) is 2.92. The molecule has 0 bridgehead atoms. The Bertz CT molecular complexity index is 1370. The molecule has 0 aliphatic heterocycles. The molecule has 4 rings (SSSR count). The van der Waals surface area contributed by atoms with Gasteiger partial charge in [-0.15, -0.1) is 0 Å². The van der Waals surface area contributed by atoms with Crippen LogP contribution in [0.15, 0.2) is 108 Å². The van der Waals surface area contributed by atoms with Gasteiger partial charge in [-0.05, 0) is 0 Å². The van der Waals surface area contributed by atoms with Gasteiger partial charge in [0.1, 0.15) is 0 Å². The van der Waals surface area contributed by atoms with Crippen LogP contribution in [-0.2, 0) is 4.79 Å². The second-order valence-corrected chi connectivity index (χ2v) is 12.4. The Labute approximate surface area is 234 Å². The monoisotopic (exact) mass is 616 g/mol. The second-order valence-electron chi connectivity index (χ2n) is 9.07. The quantitative estimate of drug-likeness (QED) is 0.0608. The molecule has 1 atom stereocenters. The number of Topliss-reactive ketones (excluding diaryl/α,β-unsaturated/α-hetero) is 2. The van der Waals surface area contributed by atoms with E-state index >= 15 is 0 Å². The summed E-state index contributed by atoms with van der Waals surface area (Å²) in [7, 11) is 0. The van der Waals surface area contributed by atoms with Gasteiger partial charge in [-0.1, -0.05) is 0 Å². The summed E-state index contributed by atoms with van der Waals surface area (Å²) in [5.74, 6) is -0.973. The zero-order valence-corrected chi connectivity index (χ0v) is 24.3. The van der Waals surface area contributed by atoms with E-state index in [1.807, 2.05) is 91.9 Å². The fourth-order valence-electron chi connectivity index (χ4n) is 4.06. The van der Waals surface area contributed by atoms with Crippen LogP contribution in [0.4, 0.5) is 0 Å². The van der Waals surface area contributed by atoms with E-state index in [0.717, 1.165) is 26.5 Å². The summed E-state index contributed by atoms with van der Waals surface area (Å²) in [5.41, 5.74) is 5.20. The number of hydrogen-bond donors (Lipinski definition) is 0. The van der Waals surface area contributed by atoms with Gasteiger partial charge in [0.05, 0.1) is 0 Å². The van der Waals surface area contributed by atoms with Crippen LogP contribution in [0, 0.1) is 19.8 Å². The molecule has 0 saturated heterocycles. The Morgan fingerprint density at radius 2 is 1.35 bits per heavy atom. The van der Waals surface area contributed by atoms with Crippen LogP contribution in [0.1, 0.15) is 39.0 Å². The van der Waals surface area contributed by atoms with Crippen LogP contribution in [-0.4, -0.2) is 26.5 Å². The molecule has 0 radical (unpaired) electrons. The Morgan fingerprint density at radius 1 is 0.757 bits per heavy atom. The van der Waals surface area contributed by atoms with E-state index in [0.29, 0.717) is 17.6 Å². The van der Waals surface area contributed by atoms with Crippen molar-refractivity contribution >= 4 is 58.6 Å². The topological polar surface area (TPSA) is 34.1 Å². The molecule has 0 aromatic heterocycles. The molecule has 0 spiro atoms. The van der Waals surface area contributed by atoms with Crippen molar-refractivity contribution in [3.8, 4) is 0 Å². The van der Waals surface area contributed by atoms with Crippen molar-refractivity contribution in [1.29, 1.82) is 0 Å². The maximum absolute atomic E-state index is 14.2. The first-order valence-electron chi connectivity index (χ1n) is 12.3. The maximum atomic E-state index is 14.2. The van der Waals surface area contributed by atoms with E-state index in [1.54, 1.807) is 0 Å². The first-order valence-corrected chi connectivity index (χ1v) is 15.1. The number of rotatable bonds is 10. The van der Waals surface area contributed by atoms with Gasteiger partial charge in [0.2, 0.25) is 0 Å². The van der Waals surface area contributed by atoms with Crippen LogP contribution in [0.2, 0.25) is 5.32 Å². The number of ketones is 2. The molecule has 0 amide bonds. The molecular formula is C33H29BrO2Se. The molecule has 0 aliphatic carbocycles. The summed E-state index contributed by atoms with van der Waals surface area (Å²) in [6.45, 7) is 4.07. The predicted molar refractivity (Wildman–Crippen MR) is 158 cm³/mol. The Hall–Kier alpha value is -3.04. The minimum atomic E-state index is -0.739. The molecule has 2 nitrogen and oxygen atoms in total. The van der Waals surface area contributed by atoms with Gasteiger partial charge in [0.25, 0.3) is 0 Å². The first-order chi connectivity index (χ1) is 17.9. The molecule has 1 unspecified atom stereocenters. The standard InChI is InChI=1S/C33H29BrO2Se/c1-23-8-14-27(15-9-23)32(35)30(20-21-37-29-18-10-24(2)11-19-29)33(36)31(26-6-4-3-5-7-26)22-25-12-16-28(34)17-13-25/h3-19,22,30H,20-21H2,1-2H3/b31-22+. The van der Waals surface area contributed by atoms with Crippen molar-refractivity contribution in [3.63, 3.8) is 0 Å². The Kier molecular flexibility index (Phi) is 9.46. The van der Waals surface area contributed by atoms with Gasteiger partial charge in [-0.3, -0.25) is 0 Å². The van der Waals surface area contributed by atoms with Crippen molar-refractivity contribution in [3.05, 3.63) is 135 Å². The normalized spacial score (nSPS) is 12.2. The third-order valence-corrected chi connectivity index (χ3v) is 8.92. The third kappa shape index (κ3) is 7.49. The van der Waals surface area contributed by atoms with Gasteiger partial charge in [-0.25, -0.2) is 0 Å². The molecule has 0 aliphatic rings. The fraction of sp³-hybridized carbons (Fsp3) is 0.152. The molecule has 0 fully saturated rings. The molecule has 0 heterocycles. The number of carbonyl (C=O) groups excluding carboxylic acids is 2. The van der Waals surface area contributed by atoms with Crippen molar-refractivity contribution in [2.75, 3.05) is 0 Å². The zero-order chi connectivity index (χ0) is 26.2. The van der Waals surface area contributed by atoms with Crippen LogP contribution < -0.4 is 4.46 Å². The predicted octanol–water partition coefficient (Wildman–Crippen LogP) is 7.51. The molecule has 4 heteroatoms. The first kappa shape index (κ1) is 27.0. The van der Waals surface area contributed by atoms with Crippen molar-refractivity contribution in [2.24, 2.45) is 5.92 Å². The van der Waals surface area contributed by atoms with Crippen LogP contribution in [0.25, 0.3) is 11.6 Å². The molecule has 37 heavy (non-hydrogen) atoms. The molecule has 4 aromatic carbocycles. The molecule has 4 aromatic rings. The van der Waals surface area contributed by atoms with E-state index in [1.165, 1.54) is 10.0 Å². The SMILES string of the molecule is Cc1ccc([Se]CCC(C(=O)/C(=C/c2ccc(Br)cc2)c2ccccc2)C(=O)c2ccc(C)cc2)cc1. The van der Waals surface area contributed by atoms with E-state index in [9.17, 15) is 9.59 Å². The summed E-state index contributed by atoms with van der Waals surface area (Å²) in [4.78, 5) is 28.0. The fourth-order valence-corrected chi connectivity index (χ4v) is 6.25. The Morgan fingerprint density at radius 3 is 1.97 bits per heavy atom. The van der Waals surface area contributed by atoms with Crippen LogP contribution in [0.5, 0.6) is 0 Å². The third-order valence-electron chi connectivity index (χ3n) is 6.20. The molecule has 186 valence electrons. The average molecular weight is 616 g/mol. The van der Waals surface area contributed by atoms with E-state index in [4.69, 9.17) is 0 Å². The summed E-state index contributed by atoms with van der Waals surface area (Å²) in [6.07, 6.45) is 2.43. The summed E-state index contributed by atoms with van der Waals surface area (Å²) in [6, 6.07) is 33.6. The van der Waals surface area contributed by atoms with Crippen molar-refractivity contribution in [1.82, 2.24) is 0 Å². The molecule has 0 saturated carbocycles.